The van der Waals surface area contributed by atoms with Gasteiger partial charge in [-0.25, -0.2) is 4.79 Å². The summed E-state index contributed by atoms with van der Waals surface area (Å²) in [6.45, 7) is 10.8. The minimum atomic E-state index is -0.546. The third-order valence-corrected chi connectivity index (χ3v) is 9.93. The summed E-state index contributed by atoms with van der Waals surface area (Å²) in [5, 5.41) is 22.9. The Labute approximate surface area is 324 Å². The molecule has 2 atom stereocenters. The Morgan fingerprint density at radius 2 is 1.67 bits per heavy atom. The van der Waals surface area contributed by atoms with Gasteiger partial charge < -0.3 is 35.2 Å². The summed E-state index contributed by atoms with van der Waals surface area (Å²) in [7, 11) is 1.56. The van der Waals surface area contributed by atoms with Crippen LogP contribution < -0.4 is 26.0 Å². The minimum Gasteiger partial charge on any atom is -0.496 e. The molecule has 11 heteroatoms. The molecule has 0 radical (unpaired) electrons. The van der Waals surface area contributed by atoms with E-state index >= 15 is 0 Å². The number of hydrogen-bond donors (Lipinski definition) is 4. The number of furan rings is 1. The van der Waals surface area contributed by atoms with Gasteiger partial charge in [0.05, 0.1) is 41.4 Å². The minimum absolute atomic E-state index is 0.0576. The lowest BCUT2D eigenvalue weighted by molar-refractivity contribution is 0.0489. The van der Waals surface area contributed by atoms with E-state index in [9.17, 15) is 14.9 Å². The average molecular weight is 754 g/mol. The molecule has 0 saturated heterocycles. The van der Waals surface area contributed by atoms with Crippen LogP contribution in [-0.2, 0) is 17.7 Å². The molecule has 1 aliphatic rings. The number of rotatable bonds is 14. The third-order valence-electron chi connectivity index (χ3n) is 9.62. The number of amides is 2. The number of alkyl carbamates (subject to hydrolysis) is 1. The van der Waals surface area contributed by atoms with E-state index in [0.29, 0.717) is 47.7 Å². The van der Waals surface area contributed by atoms with E-state index in [0.717, 1.165) is 37.0 Å². The molecule has 0 spiro atoms. The molecule has 1 aromatic heterocycles. The molecule has 5 rings (SSSR count). The molecule has 4 N–H and O–H groups in total. The van der Waals surface area contributed by atoms with Gasteiger partial charge in [0, 0.05) is 36.8 Å². The Kier molecular flexibility index (Phi) is 13.8. The number of halogens is 1. The average Bonchev–Trinajstić information content (AvgIpc) is 3.62. The van der Waals surface area contributed by atoms with Gasteiger partial charge in [-0.2, -0.15) is 5.26 Å². The Morgan fingerprint density at radius 3 is 2.31 bits per heavy atom. The third kappa shape index (κ3) is 11.6. The molecule has 286 valence electrons. The van der Waals surface area contributed by atoms with E-state index in [-0.39, 0.29) is 35.1 Å². The van der Waals surface area contributed by atoms with Crippen LogP contribution >= 0.6 is 11.6 Å². The number of benzene rings is 3. The first-order chi connectivity index (χ1) is 25.8. The summed E-state index contributed by atoms with van der Waals surface area (Å²) < 4.78 is 17.3. The van der Waals surface area contributed by atoms with Crippen molar-refractivity contribution in [3.8, 4) is 23.1 Å². The molecule has 0 bridgehead atoms. The summed E-state index contributed by atoms with van der Waals surface area (Å²) in [5.41, 5.74) is 4.34. The zero-order chi connectivity index (χ0) is 38.8. The number of carbonyl (C=O) groups is 2. The van der Waals surface area contributed by atoms with Crippen LogP contribution in [0.2, 0.25) is 5.02 Å². The van der Waals surface area contributed by atoms with Gasteiger partial charge in [0.2, 0.25) is 0 Å². The first-order valence-corrected chi connectivity index (χ1v) is 19.0. The zero-order valence-electron chi connectivity index (χ0n) is 32.1. The second-order valence-corrected chi connectivity index (χ2v) is 15.5. The Balaban J connectivity index is 1.26. The van der Waals surface area contributed by atoms with Gasteiger partial charge in [-0.05, 0) is 108 Å². The molecule has 2 amide bonds. The Bertz CT molecular complexity index is 1900. The summed E-state index contributed by atoms with van der Waals surface area (Å²) in [6, 6.07) is 25.3. The molecule has 1 unspecified atom stereocenters. The molecular formula is C43H52ClN5O5. The predicted molar refractivity (Wildman–Crippen MR) is 212 cm³/mol. The maximum atomic E-state index is 14.0. The maximum absolute atomic E-state index is 14.0. The van der Waals surface area contributed by atoms with Crippen LogP contribution in [0.5, 0.6) is 5.75 Å². The van der Waals surface area contributed by atoms with Crippen LogP contribution in [0, 0.1) is 18.3 Å². The highest BCUT2D eigenvalue weighted by Gasteiger charge is 2.26. The standard InChI is InChI=1S/C43H52ClN5O5/c1-27-7-13-31(14-8-27)28(2)46-26-35-19-20-39(53-35)37-22-36(38(44)23-40(37)52-6)41(50)48-34(21-29-9-11-30(24-45)12-10-29)25-47-32-15-17-33(18-16-32)49-42(51)54-43(3,4)5/h7-14,19-20,22-23,28,32-34,46-47H,15-18,21,25-26H2,1-6H3,(H,48,50)(H,49,51)/t28?,32?,33?,34-/m1/s1. The summed E-state index contributed by atoms with van der Waals surface area (Å²) >= 11 is 6.71. The normalized spacial score (nSPS) is 16.9. The number of carbonyl (C=O) groups excluding carboxylic acids is 2. The lowest BCUT2D eigenvalue weighted by Crippen LogP contribution is -2.48. The number of nitrogens with one attached hydrogen (secondary N) is 4. The van der Waals surface area contributed by atoms with Gasteiger partial charge in [-0.15, -0.1) is 0 Å². The first-order valence-electron chi connectivity index (χ1n) is 18.6. The molecule has 1 fully saturated rings. The topological polar surface area (TPSA) is 138 Å². The van der Waals surface area contributed by atoms with E-state index in [1.807, 2.05) is 45.0 Å². The first kappa shape index (κ1) is 40.4. The molecule has 10 nitrogen and oxygen atoms in total. The van der Waals surface area contributed by atoms with Crippen LogP contribution in [0.15, 0.2) is 77.2 Å². The Hall–Kier alpha value is -4.82. The van der Waals surface area contributed by atoms with Crippen molar-refractivity contribution < 1.29 is 23.5 Å². The fourth-order valence-electron chi connectivity index (χ4n) is 6.60. The van der Waals surface area contributed by atoms with Crippen molar-refractivity contribution in [1.29, 1.82) is 5.26 Å². The van der Waals surface area contributed by atoms with Gasteiger partial charge in [0.1, 0.15) is 22.9 Å². The number of aryl methyl sites for hydroxylation is 1. The van der Waals surface area contributed by atoms with E-state index in [2.05, 4.69) is 65.4 Å². The molecule has 4 aromatic rings. The number of hydrogen-bond acceptors (Lipinski definition) is 8. The zero-order valence-corrected chi connectivity index (χ0v) is 32.8. The predicted octanol–water partition coefficient (Wildman–Crippen LogP) is 8.41. The van der Waals surface area contributed by atoms with Crippen molar-refractivity contribution in [2.45, 2.75) is 103 Å². The monoisotopic (exact) mass is 753 g/mol. The number of nitrogens with zero attached hydrogens (tertiary/aromatic N) is 1. The number of methoxy groups -OCH3 is 1. The van der Waals surface area contributed by atoms with Gasteiger partial charge in [0.15, 0.2) is 0 Å². The van der Waals surface area contributed by atoms with E-state index in [1.54, 1.807) is 31.4 Å². The fraction of sp³-hybridized carbons (Fsp3) is 0.419. The van der Waals surface area contributed by atoms with Crippen molar-refractivity contribution in [3.05, 3.63) is 111 Å². The van der Waals surface area contributed by atoms with E-state index < -0.39 is 11.7 Å². The van der Waals surface area contributed by atoms with Gasteiger partial charge in [-0.3, -0.25) is 4.79 Å². The smallest absolute Gasteiger partial charge is 0.407 e. The van der Waals surface area contributed by atoms with Gasteiger partial charge >= 0.3 is 6.09 Å². The summed E-state index contributed by atoms with van der Waals surface area (Å²) in [4.78, 5) is 26.3. The van der Waals surface area contributed by atoms with Crippen LogP contribution in [0.3, 0.4) is 0 Å². The highest BCUT2D eigenvalue weighted by molar-refractivity contribution is 6.34. The molecule has 3 aromatic carbocycles. The SMILES string of the molecule is COc1cc(Cl)c(C(=O)N[C@@H](CNC2CCC(NC(=O)OC(C)(C)C)CC2)Cc2ccc(C#N)cc2)cc1-c1ccc(CNC(C)c2ccc(C)cc2)o1. The van der Waals surface area contributed by atoms with Gasteiger partial charge in [-0.1, -0.05) is 53.6 Å². The Morgan fingerprint density at radius 1 is 0.981 bits per heavy atom. The van der Waals surface area contributed by atoms with E-state index in [4.69, 9.17) is 25.5 Å². The second-order valence-electron chi connectivity index (χ2n) is 15.1. The van der Waals surface area contributed by atoms with E-state index in [1.165, 1.54) is 11.1 Å². The van der Waals surface area contributed by atoms with Crippen LogP contribution in [0.25, 0.3) is 11.3 Å². The quantitative estimate of drug-likeness (QED) is 0.101. The van der Waals surface area contributed by atoms with Crippen LogP contribution in [-0.4, -0.2) is 49.4 Å². The summed E-state index contributed by atoms with van der Waals surface area (Å²) in [6.07, 6.45) is 3.54. The van der Waals surface area contributed by atoms with Crippen molar-refractivity contribution in [2.24, 2.45) is 0 Å². The second kappa shape index (κ2) is 18.5. The highest BCUT2D eigenvalue weighted by atomic mass is 35.5. The number of ether oxygens (including phenoxy) is 2. The number of nitriles is 1. The highest BCUT2D eigenvalue weighted by Crippen LogP contribution is 2.36. The summed E-state index contributed by atoms with van der Waals surface area (Å²) in [5.74, 6) is 1.47. The molecular weight excluding hydrogens is 702 g/mol. The molecule has 54 heavy (non-hydrogen) atoms. The lowest BCUT2D eigenvalue weighted by Gasteiger charge is -2.31. The van der Waals surface area contributed by atoms with Crippen molar-refractivity contribution >= 4 is 23.6 Å². The van der Waals surface area contributed by atoms with Crippen LogP contribution in [0.4, 0.5) is 4.79 Å². The maximum Gasteiger partial charge on any atom is 0.407 e. The largest absolute Gasteiger partial charge is 0.496 e. The lowest BCUT2D eigenvalue weighted by atomic mass is 9.91. The fourth-order valence-corrected chi connectivity index (χ4v) is 6.84. The van der Waals surface area contributed by atoms with Gasteiger partial charge in [0.25, 0.3) is 5.91 Å². The van der Waals surface area contributed by atoms with Crippen molar-refractivity contribution in [3.63, 3.8) is 0 Å². The van der Waals surface area contributed by atoms with Crippen molar-refractivity contribution in [2.75, 3.05) is 13.7 Å². The molecule has 0 aliphatic heterocycles. The molecule has 1 aliphatic carbocycles. The van der Waals surface area contributed by atoms with Crippen LogP contribution in [0.1, 0.15) is 97.8 Å². The molecule has 1 saturated carbocycles. The molecule has 1 heterocycles. The van der Waals surface area contributed by atoms with Crippen molar-refractivity contribution in [1.82, 2.24) is 21.3 Å².